The van der Waals surface area contributed by atoms with Gasteiger partial charge in [-0.2, -0.15) is 5.10 Å². The molecule has 3 aromatic rings. The number of hydrogen-bond donors (Lipinski definition) is 1. The maximum atomic E-state index is 14.1. The molecule has 0 amide bonds. The van der Waals surface area contributed by atoms with E-state index in [2.05, 4.69) is 20.1 Å². The summed E-state index contributed by atoms with van der Waals surface area (Å²) in [7, 11) is 3.55. The molecule has 0 aliphatic carbocycles. The van der Waals surface area contributed by atoms with E-state index in [1.807, 2.05) is 26.4 Å². The second-order valence-electron chi connectivity index (χ2n) is 5.96. The predicted octanol–water partition coefficient (Wildman–Crippen LogP) is 3.20. The Balaban J connectivity index is 1.72. The van der Waals surface area contributed by atoms with Gasteiger partial charge in [-0.05, 0) is 44.2 Å². The Bertz CT molecular complexity index is 830. The molecule has 1 aromatic carbocycles. The van der Waals surface area contributed by atoms with Gasteiger partial charge in [0.1, 0.15) is 17.3 Å². The van der Waals surface area contributed by atoms with Gasteiger partial charge in [0.25, 0.3) is 0 Å². The van der Waals surface area contributed by atoms with Crippen molar-refractivity contribution in [3.05, 3.63) is 53.4 Å². The molecule has 7 heteroatoms. The van der Waals surface area contributed by atoms with Crippen LogP contribution in [-0.2, 0) is 13.0 Å². The van der Waals surface area contributed by atoms with E-state index in [0.717, 1.165) is 24.2 Å². The predicted molar refractivity (Wildman–Crippen MR) is 91.8 cm³/mol. The van der Waals surface area contributed by atoms with E-state index in [-0.39, 0.29) is 11.7 Å². The first-order valence-corrected chi connectivity index (χ1v) is 8.03. The lowest BCUT2D eigenvalue weighted by atomic mass is 10.2. The third kappa shape index (κ3) is 4.06. The van der Waals surface area contributed by atoms with Crippen LogP contribution in [0.25, 0.3) is 11.5 Å². The zero-order valence-corrected chi connectivity index (χ0v) is 14.5. The molecule has 132 valence electrons. The van der Waals surface area contributed by atoms with Gasteiger partial charge < -0.3 is 14.1 Å². The summed E-state index contributed by atoms with van der Waals surface area (Å²) in [6, 6.07) is 4.51. The number of oxazole rings is 1. The number of nitrogens with zero attached hydrogens (tertiary/aromatic N) is 3. The smallest absolute Gasteiger partial charge is 0.229 e. The topological polar surface area (TPSA) is 67.2 Å². The number of aromatic amines is 1. The van der Waals surface area contributed by atoms with Crippen molar-refractivity contribution in [2.24, 2.45) is 0 Å². The summed E-state index contributed by atoms with van der Waals surface area (Å²) in [6.07, 6.45) is 4.60. The van der Waals surface area contributed by atoms with Crippen LogP contribution in [0.2, 0.25) is 0 Å². The summed E-state index contributed by atoms with van der Waals surface area (Å²) in [4.78, 5) is 6.62. The lowest BCUT2D eigenvalue weighted by Crippen LogP contribution is -2.21. The van der Waals surface area contributed by atoms with Crippen LogP contribution < -0.4 is 4.74 Å². The number of likely N-dealkylation sites (N-methyl/N-ethyl adjacent to an activating group) is 1. The number of methoxy groups -OCH3 is 1. The lowest BCUT2D eigenvalue weighted by Gasteiger charge is -2.14. The van der Waals surface area contributed by atoms with Gasteiger partial charge in [0.05, 0.1) is 24.6 Å². The first kappa shape index (κ1) is 17.2. The van der Waals surface area contributed by atoms with Crippen LogP contribution in [0.3, 0.4) is 0 Å². The molecule has 0 bridgehead atoms. The first-order valence-electron chi connectivity index (χ1n) is 8.03. The molecular formula is C18H21FN4O2. The molecule has 2 aromatic heterocycles. The molecule has 0 aliphatic heterocycles. The molecule has 0 fully saturated rings. The molecule has 0 unspecified atom stereocenters. The van der Waals surface area contributed by atoms with Crippen LogP contribution in [0, 0.1) is 12.7 Å². The minimum atomic E-state index is -0.387. The molecule has 0 saturated heterocycles. The van der Waals surface area contributed by atoms with E-state index in [1.54, 1.807) is 12.1 Å². The highest BCUT2D eigenvalue weighted by Crippen LogP contribution is 2.28. The fourth-order valence-electron chi connectivity index (χ4n) is 2.55. The molecular weight excluding hydrogens is 323 g/mol. The number of benzene rings is 1. The van der Waals surface area contributed by atoms with Crippen LogP contribution in [0.4, 0.5) is 4.39 Å². The lowest BCUT2D eigenvalue weighted by molar-refractivity contribution is 0.325. The summed E-state index contributed by atoms with van der Waals surface area (Å²) < 4.78 is 24.9. The normalized spacial score (nSPS) is 11.2. The van der Waals surface area contributed by atoms with Crippen LogP contribution in [-0.4, -0.2) is 40.8 Å². The summed E-state index contributed by atoms with van der Waals surface area (Å²) in [5.41, 5.74) is 2.25. The number of hydrogen-bond acceptors (Lipinski definition) is 5. The van der Waals surface area contributed by atoms with Crippen LogP contribution >= 0.6 is 0 Å². The number of nitrogens with one attached hydrogen (secondary N) is 1. The summed E-state index contributed by atoms with van der Waals surface area (Å²) in [5.74, 6) is 1.13. The molecule has 0 saturated carbocycles. The number of halogens is 1. The van der Waals surface area contributed by atoms with Crippen molar-refractivity contribution in [3.63, 3.8) is 0 Å². The van der Waals surface area contributed by atoms with Gasteiger partial charge in [0.15, 0.2) is 0 Å². The Morgan fingerprint density at radius 3 is 2.92 bits per heavy atom. The Hall–Kier alpha value is -2.67. The van der Waals surface area contributed by atoms with Gasteiger partial charge >= 0.3 is 0 Å². The maximum absolute atomic E-state index is 14.1. The maximum Gasteiger partial charge on any atom is 0.229 e. The highest BCUT2D eigenvalue weighted by Gasteiger charge is 2.17. The molecule has 0 atom stereocenters. The molecule has 25 heavy (non-hydrogen) atoms. The van der Waals surface area contributed by atoms with Crippen molar-refractivity contribution < 1.29 is 13.5 Å². The molecule has 3 rings (SSSR count). The third-order valence-electron chi connectivity index (χ3n) is 4.05. The summed E-state index contributed by atoms with van der Waals surface area (Å²) >= 11 is 0. The number of aryl methyl sites for hydroxylation is 1. The average Bonchev–Trinajstić information content (AvgIpc) is 3.24. The molecule has 0 spiro atoms. The van der Waals surface area contributed by atoms with E-state index < -0.39 is 0 Å². The van der Waals surface area contributed by atoms with Gasteiger partial charge in [-0.3, -0.25) is 5.10 Å². The van der Waals surface area contributed by atoms with Crippen LogP contribution in [0.1, 0.15) is 17.0 Å². The van der Waals surface area contributed by atoms with Gasteiger partial charge in [0.2, 0.25) is 5.89 Å². The Morgan fingerprint density at radius 1 is 1.36 bits per heavy atom. The van der Waals surface area contributed by atoms with Crippen LogP contribution in [0.5, 0.6) is 5.75 Å². The molecule has 0 aliphatic rings. The highest BCUT2D eigenvalue weighted by molar-refractivity contribution is 5.57. The van der Waals surface area contributed by atoms with E-state index in [1.165, 1.54) is 13.2 Å². The Kier molecular flexibility index (Phi) is 5.14. The fourth-order valence-corrected chi connectivity index (χ4v) is 2.55. The van der Waals surface area contributed by atoms with E-state index in [9.17, 15) is 4.39 Å². The van der Waals surface area contributed by atoms with Crippen molar-refractivity contribution in [2.45, 2.75) is 19.9 Å². The zero-order valence-electron chi connectivity index (χ0n) is 14.5. The van der Waals surface area contributed by atoms with Gasteiger partial charge in [0, 0.05) is 19.3 Å². The average molecular weight is 344 g/mol. The summed E-state index contributed by atoms with van der Waals surface area (Å²) in [6.45, 7) is 3.32. The van der Waals surface area contributed by atoms with E-state index >= 15 is 0 Å². The van der Waals surface area contributed by atoms with Crippen molar-refractivity contribution in [3.8, 4) is 17.2 Å². The Labute approximate surface area is 145 Å². The third-order valence-corrected chi connectivity index (χ3v) is 4.05. The monoisotopic (exact) mass is 344 g/mol. The number of rotatable bonds is 7. The quantitative estimate of drug-likeness (QED) is 0.713. The SMILES string of the molecule is COc1ccc(F)c(-c2nc(CN(C)CCc3cn[nH]c3)c(C)o2)c1. The van der Waals surface area contributed by atoms with Gasteiger partial charge in [-0.15, -0.1) is 0 Å². The largest absolute Gasteiger partial charge is 0.497 e. The second kappa shape index (κ2) is 7.48. The van der Waals surface area contributed by atoms with Gasteiger partial charge in [-0.1, -0.05) is 0 Å². The fraction of sp³-hybridized carbons (Fsp3) is 0.333. The zero-order chi connectivity index (χ0) is 17.8. The Morgan fingerprint density at radius 2 is 2.20 bits per heavy atom. The van der Waals surface area contributed by atoms with E-state index in [4.69, 9.17) is 9.15 Å². The van der Waals surface area contributed by atoms with Crippen molar-refractivity contribution in [1.29, 1.82) is 0 Å². The molecule has 0 radical (unpaired) electrons. The number of ether oxygens (including phenoxy) is 1. The van der Waals surface area contributed by atoms with E-state index in [0.29, 0.717) is 23.6 Å². The molecule has 2 heterocycles. The van der Waals surface area contributed by atoms with Crippen molar-refractivity contribution in [2.75, 3.05) is 20.7 Å². The highest BCUT2D eigenvalue weighted by atomic mass is 19.1. The first-order chi connectivity index (χ1) is 12.1. The van der Waals surface area contributed by atoms with Crippen molar-refractivity contribution >= 4 is 0 Å². The minimum absolute atomic E-state index is 0.270. The van der Waals surface area contributed by atoms with Crippen LogP contribution in [0.15, 0.2) is 35.0 Å². The van der Waals surface area contributed by atoms with Gasteiger partial charge in [-0.25, -0.2) is 9.37 Å². The second-order valence-corrected chi connectivity index (χ2v) is 5.96. The number of aromatic nitrogens is 3. The molecule has 6 nitrogen and oxygen atoms in total. The standard InChI is InChI=1S/C18H21FN4O2/c1-12-17(11-23(2)7-6-13-9-20-21-10-13)22-18(25-12)15-8-14(24-3)4-5-16(15)19/h4-5,8-10H,6-7,11H2,1-3H3,(H,20,21). The number of H-pyrrole nitrogens is 1. The van der Waals surface area contributed by atoms with Crippen molar-refractivity contribution in [1.82, 2.24) is 20.1 Å². The minimum Gasteiger partial charge on any atom is -0.497 e. The summed E-state index contributed by atoms with van der Waals surface area (Å²) in [5, 5.41) is 6.75. The molecule has 1 N–H and O–H groups in total.